The minimum absolute atomic E-state index is 0.0593. The van der Waals surface area contributed by atoms with Crippen LogP contribution in [0.2, 0.25) is 0 Å². The topological polar surface area (TPSA) is 154 Å². The van der Waals surface area contributed by atoms with Gasteiger partial charge in [-0.25, -0.2) is 9.48 Å². The third kappa shape index (κ3) is 5.51. The molecule has 12 heteroatoms. The Morgan fingerprint density at radius 1 is 1.18 bits per heavy atom. The number of aryl methyl sites for hydroxylation is 1. The molecule has 0 atom stereocenters. The lowest BCUT2D eigenvalue weighted by Crippen LogP contribution is -2.22. The second-order valence-electron chi connectivity index (χ2n) is 8.08. The summed E-state index contributed by atoms with van der Waals surface area (Å²) in [6, 6.07) is 4.02. The zero-order chi connectivity index (χ0) is 23.2. The first-order valence-electron chi connectivity index (χ1n) is 11.0. The second kappa shape index (κ2) is 10.2. The number of urea groups is 1. The normalized spacial score (nSPS) is 17.8. The average Bonchev–Trinajstić information content (AvgIpc) is 3.39. The number of rotatable bonds is 9. The molecule has 2 aliphatic rings. The van der Waals surface area contributed by atoms with E-state index in [0.29, 0.717) is 18.4 Å². The molecule has 1 aromatic carbocycles. The Kier molecular flexibility index (Phi) is 6.91. The van der Waals surface area contributed by atoms with Crippen molar-refractivity contribution >= 4 is 23.7 Å². The summed E-state index contributed by atoms with van der Waals surface area (Å²) >= 11 is 0. The molecule has 2 heterocycles. The maximum atomic E-state index is 11.7. The van der Waals surface area contributed by atoms with Crippen LogP contribution in [0.3, 0.4) is 0 Å². The van der Waals surface area contributed by atoms with Gasteiger partial charge in [-0.1, -0.05) is 19.3 Å². The molecule has 1 saturated carbocycles. The number of nitro benzene ring substituents is 1. The van der Waals surface area contributed by atoms with Crippen LogP contribution in [0.4, 0.5) is 10.5 Å². The van der Waals surface area contributed by atoms with Crippen molar-refractivity contribution in [2.24, 2.45) is 0 Å². The number of carbonyl (C=O) groups excluding carboxylic acids is 2. The molecular formula is C21H25N7O5. The van der Waals surface area contributed by atoms with E-state index in [-0.39, 0.29) is 16.9 Å². The largest absolute Gasteiger partial charge is 0.494 e. The van der Waals surface area contributed by atoms with E-state index in [4.69, 9.17) is 4.74 Å². The number of hydrogen-bond donors (Lipinski definition) is 2. The summed E-state index contributed by atoms with van der Waals surface area (Å²) in [5.41, 5.74) is -0.0919. The molecule has 4 rings (SSSR count). The zero-order valence-electron chi connectivity index (χ0n) is 18.0. The molecule has 3 amide bonds. The second-order valence-corrected chi connectivity index (χ2v) is 8.08. The van der Waals surface area contributed by atoms with Crippen molar-refractivity contribution < 1.29 is 19.2 Å². The first-order chi connectivity index (χ1) is 16.0. The summed E-state index contributed by atoms with van der Waals surface area (Å²) in [5, 5.41) is 27.9. The lowest BCUT2D eigenvalue weighted by molar-refractivity contribution is -0.385. The number of aromatic nitrogens is 4. The van der Waals surface area contributed by atoms with E-state index < -0.39 is 16.9 Å². The van der Waals surface area contributed by atoms with Crippen molar-refractivity contribution in [3.63, 3.8) is 0 Å². The van der Waals surface area contributed by atoms with Crippen LogP contribution in [-0.4, -0.2) is 43.7 Å². The molecule has 1 aliphatic carbocycles. The van der Waals surface area contributed by atoms with Gasteiger partial charge in [0, 0.05) is 12.5 Å². The SMILES string of the molecule is O=C1NC(=O)/C(=C\c2cc(OCCCCc3nnnn3C3CCCCC3)ccc2[N+](=O)[O-])N1. The summed E-state index contributed by atoms with van der Waals surface area (Å²) in [4.78, 5) is 33.8. The maximum absolute atomic E-state index is 11.7. The molecule has 1 saturated heterocycles. The number of ether oxygens (including phenoxy) is 1. The van der Waals surface area contributed by atoms with E-state index in [9.17, 15) is 19.7 Å². The van der Waals surface area contributed by atoms with Crippen LogP contribution in [-0.2, 0) is 11.2 Å². The van der Waals surface area contributed by atoms with Crippen molar-refractivity contribution in [1.29, 1.82) is 0 Å². The van der Waals surface area contributed by atoms with Crippen LogP contribution in [0.25, 0.3) is 6.08 Å². The van der Waals surface area contributed by atoms with Crippen LogP contribution in [0.1, 0.15) is 62.4 Å². The van der Waals surface area contributed by atoms with Crippen LogP contribution in [0, 0.1) is 10.1 Å². The first-order valence-corrected chi connectivity index (χ1v) is 11.0. The predicted octanol–water partition coefficient (Wildman–Crippen LogP) is 2.67. The summed E-state index contributed by atoms with van der Waals surface area (Å²) in [6.45, 7) is 0.413. The summed E-state index contributed by atoms with van der Waals surface area (Å²) in [7, 11) is 0. The molecule has 2 N–H and O–H groups in total. The molecule has 1 aromatic heterocycles. The number of carbonyl (C=O) groups is 2. The Morgan fingerprint density at radius 2 is 2.00 bits per heavy atom. The van der Waals surface area contributed by atoms with Crippen LogP contribution < -0.4 is 15.4 Å². The van der Waals surface area contributed by atoms with Gasteiger partial charge in [0.1, 0.15) is 11.4 Å². The van der Waals surface area contributed by atoms with Gasteiger partial charge in [0.15, 0.2) is 5.82 Å². The van der Waals surface area contributed by atoms with Crippen LogP contribution >= 0.6 is 0 Å². The number of amides is 3. The van der Waals surface area contributed by atoms with E-state index in [1.807, 2.05) is 4.68 Å². The molecule has 0 bridgehead atoms. The highest BCUT2D eigenvalue weighted by atomic mass is 16.6. The summed E-state index contributed by atoms with van der Waals surface area (Å²) in [5.74, 6) is 0.684. The summed E-state index contributed by atoms with van der Waals surface area (Å²) < 4.78 is 7.73. The molecule has 12 nitrogen and oxygen atoms in total. The molecule has 1 aliphatic heterocycles. The Hall–Kier alpha value is -3.83. The number of unbranched alkanes of at least 4 members (excludes halogenated alkanes) is 1. The van der Waals surface area contributed by atoms with E-state index in [0.717, 1.165) is 37.9 Å². The van der Waals surface area contributed by atoms with Gasteiger partial charge in [-0.05, 0) is 54.3 Å². The first kappa shape index (κ1) is 22.4. The number of benzene rings is 1. The van der Waals surface area contributed by atoms with Crippen LogP contribution in [0.15, 0.2) is 23.9 Å². The van der Waals surface area contributed by atoms with Gasteiger partial charge in [0.25, 0.3) is 11.6 Å². The third-order valence-electron chi connectivity index (χ3n) is 5.76. The van der Waals surface area contributed by atoms with Gasteiger partial charge >= 0.3 is 6.03 Å². The molecule has 0 radical (unpaired) electrons. The number of nitrogens with zero attached hydrogens (tertiary/aromatic N) is 5. The highest BCUT2D eigenvalue weighted by Gasteiger charge is 2.25. The third-order valence-corrected chi connectivity index (χ3v) is 5.76. The standard InChI is InChI=1S/C21H25N7O5/c29-20-17(22-21(30)23-20)13-14-12-16(9-10-18(14)28(31)32)33-11-5-4-8-19-24-25-26-27(19)15-6-2-1-3-7-15/h9-10,12-13,15H,1-8,11H2,(H2,22,23,29,30)/b17-13+. The fraction of sp³-hybridized carbons (Fsp3) is 0.476. The van der Waals surface area contributed by atoms with E-state index in [1.54, 1.807) is 0 Å². The summed E-state index contributed by atoms with van der Waals surface area (Å²) in [6.07, 6.45) is 9.53. The van der Waals surface area contributed by atoms with Crippen LogP contribution in [0.5, 0.6) is 5.75 Å². The van der Waals surface area contributed by atoms with Gasteiger partial charge in [-0.15, -0.1) is 5.10 Å². The van der Waals surface area contributed by atoms with E-state index in [1.165, 1.54) is 43.5 Å². The maximum Gasteiger partial charge on any atom is 0.326 e. The highest BCUT2D eigenvalue weighted by Crippen LogP contribution is 2.28. The average molecular weight is 455 g/mol. The highest BCUT2D eigenvalue weighted by molar-refractivity contribution is 6.14. The Bertz CT molecular complexity index is 1070. The smallest absolute Gasteiger partial charge is 0.326 e. The predicted molar refractivity (Wildman–Crippen MR) is 116 cm³/mol. The van der Waals surface area contributed by atoms with Crippen molar-refractivity contribution in [3.05, 3.63) is 45.4 Å². The minimum Gasteiger partial charge on any atom is -0.494 e. The molecule has 174 valence electrons. The molecule has 0 unspecified atom stereocenters. The van der Waals surface area contributed by atoms with Gasteiger partial charge in [0.05, 0.1) is 23.1 Å². The molecule has 2 aromatic rings. The van der Waals surface area contributed by atoms with Crippen molar-refractivity contribution in [3.8, 4) is 5.75 Å². The van der Waals surface area contributed by atoms with Crippen molar-refractivity contribution in [2.75, 3.05) is 6.61 Å². The van der Waals surface area contributed by atoms with Gasteiger partial charge < -0.3 is 10.1 Å². The zero-order valence-corrected chi connectivity index (χ0v) is 18.0. The Labute approximate surface area is 189 Å². The quantitative estimate of drug-likeness (QED) is 0.192. The number of nitro groups is 1. The lowest BCUT2D eigenvalue weighted by atomic mass is 9.95. The van der Waals surface area contributed by atoms with Gasteiger partial charge in [0.2, 0.25) is 0 Å². The molecule has 2 fully saturated rings. The molecule has 0 spiro atoms. The van der Waals surface area contributed by atoms with Gasteiger partial charge in [-0.2, -0.15) is 0 Å². The Balaban J connectivity index is 1.32. The number of imide groups is 1. The molecular weight excluding hydrogens is 430 g/mol. The minimum atomic E-state index is -0.671. The van der Waals surface area contributed by atoms with Gasteiger partial charge in [-0.3, -0.25) is 20.2 Å². The fourth-order valence-corrected chi connectivity index (χ4v) is 4.10. The monoisotopic (exact) mass is 455 g/mol. The van der Waals surface area contributed by atoms with E-state index in [2.05, 4.69) is 26.2 Å². The van der Waals surface area contributed by atoms with E-state index >= 15 is 0 Å². The number of hydrogen-bond acceptors (Lipinski definition) is 8. The fourth-order valence-electron chi connectivity index (χ4n) is 4.10. The number of nitrogens with one attached hydrogen (secondary N) is 2. The Morgan fingerprint density at radius 3 is 2.73 bits per heavy atom. The number of tetrazole rings is 1. The van der Waals surface area contributed by atoms with Crippen molar-refractivity contribution in [1.82, 2.24) is 30.8 Å². The van der Waals surface area contributed by atoms with Crippen molar-refractivity contribution in [2.45, 2.75) is 57.4 Å². The lowest BCUT2D eigenvalue weighted by Gasteiger charge is -2.22. The molecule has 33 heavy (non-hydrogen) atoms.